The van der Waals surface area contributed by atoms with Crippen molar-refractivity contribution < 1.29 is 40.3 Å². The van der Waals surface area contributed by atoms with Gasteiger partial charge in [-0.1, -0.05) is 0 Å². The van der Waals surface area contributed by atoms with Gasteiger partial charge in [0.15, 0.2) is 11.3 Å². The molecule has 0 saturated carbocycles. The second-order valence-electron chi connectivity index (χ2n) is 14.3. The smallest absolute Gasteiger partial charge is 0.348 e. The molecule has 0 fully saturated rings. The van der Waals surface area contributed by atoms with E-state index in [0.29, 0.717) is 15.7 Å². The number of alkyl halides is 5. The lowest BCUT2D eigenvalue weighted by Gasteiger charge is -2.37. The van der Waals surface area contributed by atoms with E-state index >= 15 is 8.78 Å². The van der Waals surface area contributed by atoms with Gasteiger partial charge in [0.1, 0.15) is 23.4 Å². The zero-order chi connectivity index (χ0) is 41.1. The third-order valence-electron chi connectivity index (χ3n) is 9.68. The molecule has 1 N–H and O–H groups in total. The van der Waals surface area contributed by atoms with Crippen molar-refractivity contribution in [1.82, 2.24) is 49.1 Å². The van der Waals surface area contributed by atoms with Gasteiger partial charge in [-0.25, -0.2) is 18.4 Å². The van der Waals surface area contributed by atoms with Crippen molar-refractivity contribution in [3.63, 3.8) is 0 Å². The molecule has 1 aliphatic rings. The standard InChI is InChI=1S/C37H33F7N10O3/c1-36(2,18-54-26(13-28(49-54)37(42,43)44)20-5-8-29(55)50(3)17-20)48-33(56)27(11-19-14-46-53(16-19)35(40)41)52-10-9-22-23(6-7-24(38)30(22)34(52)57)31-25(39)12-21-15-45-51(4)32(21)47-31/h5-8,12-17,27,35H,9-11,18H2,1-4H3,(H,48,56)/t27-/m1/s1. The summed E-state index contributed by atoms with van der Waals surface area (Å²) in [6.07, 6.45) is -0.439. The molecule has 13 nitrogen and oxygen atoms in total. The van der Waals surface area contributed by atoms with Crippen LogP contribution in [-0.4, -0.2) is 73.7 Å². The first kappa shape index (κ1) is 38.9. The van der Waals surface area contributed by atoms with E-state index in [2.05, 4.69) is 25.6 Å². The van der Waals surface area contributed by atoms with Crippen LogP contribution < -0.4 is 10.9 Å². The Balaban J connectivity index is 1.23. The number of benzene rings is 1. The minimum atomic E-state index is -4.84. The van der Waals surface area contributed by atoms with E-state index in [-0.39, 0.29) is 59.6 Å². The molecule has 0 radical (unpaired) electrons. The molecule has 1 aliphatic heterocycles. The number of carbonyl (C=O) groups excluding carboxylic acids is 2. The predicted molar refractivity (Wildman–Crippen MR) is 190 cm³/mol. The van der Waals surface area contributed by atoms with E-state index in [4.69, 9.17) is 0 Å². The van der Waals surface area contributed by atoms with Crippen molar-refractivity contribution in [2.24, 2.45) is 14.1 Å². The lowest BCUT2D eigenvalue weighted by atomic mass is 9.90. The molecule has 6 heterocycles. The fourth-order valence-electron chi connectivity index (χ4n) is 6.99. The van der Waals surface area contributed by atoms with Gasteiger partial charge < -0.3 is 14.8 Å². The molecular weight excluding hydrogens is 765 g/mol. The van der Waals surface area contributed by atoms with E-state index in [1.165, 1.54) is 66.8 Å². The van der Waals surface area contributed by atoms with Gasteiger partial charge >= 0.3 is 12.7 Å². The topological polar surface area (TPSA) is 138 Å². The first-order chi connectivity index (χ1) is 26.8. The van der Waals surface area contributed by atoms with Crippen LogP contribution in [0.2, 0.25) is 0 Å². The van der Waals surface area contributed by atoms with E-state index in [1.54, 1.807) is 7.05 Å². The zero-order valence-electron chi connectivity index (χ0n) is 30.7. The summed E-state index contributed by atoms with van der Waals surface area (Å²) < 4.78 is 104. The first-order valence-electron chi connectivity index (χ1n) is 17.4. The summed E-state index contributed by atoms with van der Waals surface area (Å²) in [5.41, 5.74) is -2.66. The highest BCUT2D eigenvalue weighted by Crippen LogP contribution is 2.36. The molecule has 6 aromatic rings. The quantitative estimate of drug-likeness (QED) is 0.186. The molecule has 0 bridgehead atoms. The number of pyridine rings is 2. The van der Waals surface area contributed by atoms with E-state index in [1.807, 2.05) is 0 Å². The summed E-state index contributed by atoms with van der Waals surface area (Å²) in [5, 5.41) is 14.6. The van der Waals surface area contributed by atoms with Crippen molar-refractivity contribution >= 4 is 22.8 Å². The normalized spacial score (nSPS) is 14.1. The zero-order valence-corrected chi connectivity index (χ0v) is 30.7. The number of rotatable bonds is 10. The Morgan fingerprint density at radius 3 is 2.40 bits per heavy atom. The fraction of sp³-hybridized carbons (Fsp3) is 0.324. The highest BCUT2D eigenvalue weighted by atomic mass is 19.4. The van der Waals surface area contributed by atoms with Crippen LogP contribution in [-0.2, 0) is 44.5 Å². The lowest BCUT2D eigenvalue weighted by Crippen LogP contribution is -2.58. The van der Waals surface area contributed by atoms with Crippen molar-refractivity contribution in [3.05, 3.63) is 106 Å². The Labute approximate surface area is 318 Å². The number of carbonyl (C=O) groups is 2. The Bertz CT molecular complexity index is 2610. The summed E-state index contributed by atoms with van der Waals surface area (Å²) in [5.74, 6) is -3.50. The Morgan fingerprint density at radius 1 is 0.965 bits per heavy atom. The number of nitrogens with one attached hydrogen (secondary N) is 1. The number of fused-ring (bicyclic) bond motifs is 2. The summed E-state index contributed by atoms with van der Waals surface area (Å²) in [6.45, 7) is -0.578. The second-order valence-corrected chi connectivity index (χ2v) is 14.3. The van der Waals surface area contributed by atoms with Crippen LogP contribution in [0.15, 0.2) is 66.0 Å². The van der Waals surface area contributed by atoms with Gasteiger partial charge in [-0.05, 0) is 61.7 Å². The van der Waals surface area contributed by atoms with Gasteiger partial charge in [-0.3, -0.25) is 23.7 Å². The summed E-state index contributed by atoms with van der Waals surface area (Å²) in [6, 6.07) is 5.36. The minimum Gasteiger partial charge on any atom is -0.348 e. The number of hydrogen-bond acceptors (Lipinski definition) is 7. The number of aromatic nitrogens is 8. The Hall–Kier alpha value is -6.34. The van der Waals surface area contributed by atoms with Gasteiger partial charge in [0.05, 0.1) is 35.7 Å². The van der Waals surface area contributed by atoms with Gasteiger partial charge in [-0.2, -0.15) is 37.2 Å². The van der Waals surface area contributed by atoms with Gasteiger partial charge in [0.25, 0.3) is 5.91 Å². The summed E-state index contributed by atoms with van der Waals surface area (Å²) >= 11 is 0. The number of aryl methyl sites for hydroxylation is 2. The molecule has 0 aliphatic carbocycles. The molecule has 0 spiro atoms. The highest BCUT2D eigenvalue weighted by Gasteiger charge is 2.40. The van der Waals surface area contributed by atoms with Crippen LogP contribution in [0.4, 0.5) is 30.7 Å². The average molecular weight is 799 g/mol. The molecule has 298 valence electrons. The maximum absolute atomic E-state index is 15.7. The van der Waals surface area contributed by atoms with Crippen molar-refractivity contribution in [2.75, 3.05) is 6.54 Å². The lowest BCUT2D eigenvalue weighted by molar-refractivity contribution is -0.141. The molecule has 2 amide bonds. The van der Waals surface area contributed by atoms with Crippen LogP contribution in [0.1, 0.15) is 47.6 Å². The molecule has 7 rings (SSSR count). The van der Waals surface area contributed by atoms with Gasteiger partial charge in [-0.15, -0.1) is 0 Å². The maximum Gasteiger partial charge on any atom is 0.435 e. The predicted octanol–water partition coefficient (Wildman–Crippen LogP) is 5.29. The third-order valence-corrected chi connectivity index (χ3v) is 9.68. The second kappa shape index (κ2) is 14.3. The average Bonchev–Trinajstić information content (AvgIpc) is 3.87. The SMILES string of the molecule is Cn1cc(-c2cc(C(F)(F)F)nn2CC(C)(C)NC(=O)[C@@H](Cc2cnn(C(F)F)c2)N2CCc3c(-c4nc5c(cnn5C)cc4F)ccc(F)c3C2=O)ccc1=O. The van der Waals surface area contributed by atoms with E-state index < -0.39 is 64.6 Å². The van der Waals surface area contributed by atoms with Crippen LogP contribution in [0.5, 0.6) is 0 Å². The van der Waals surface area contributed by atoms with E-state index in [0.717, 1.165) is 34.1 Å². The highest BCUT2D eigenvalue weighted by molar-refractivity contribution is 6.01. The largest absolute Gasteiger partial charge is 0.435 e. The van der Waals surface area contributed by atoms with Crippen LogP contribution in [0, 0.1) is 11.6 Å². The molecule has 1 atom stereocenters. The molecule has 5 aromatic heterocycles. The van der Waals surface area contributed by atoms with Crippen molar-refractivity contribution in [1.29, 1.82) is 0 Å². The van der Waals surface area contributed by atoms with Crippen LogP contribution >= 0.6 is 0 Å². The molecule has 20 heteroatoms. The number of halogens is 7. The monoisotopic (exact) mass is 798 g/mol. The first-order valence-corrected chi connectivity index (χ1v) is 17.4. The summed E-state index contributed by atoms with van der Waals surface area (Å²) in [4.78, 5) is 46.1. The van der Waals surface area contributed by atoms with Crippen LogP contribution in [0.3, 0.4) is 0 Å². The van der Waals surface area contributed by atoms with Crippen molar-refractivity contribution in [2.45, 2.75) is 57.5 Å². The van der Waals surface area contributed by atoms with Gasteiger partial charge in [0, 0.05) is 62.0 Å². The van der Waals surface area contributed by atoms with Crippen molar-refractivity contribution in [3.8, 4) is 22.5 Å². The summed E-state index contributed by atoms with van der Waals surface area (Å²) in [7, 11) is 3.03. The van der Waals surface area contributed by atoms with E-state index in [9.17, 15) is 36.3 Å². The molecular formula is C37H33F7N10O3. The molecule has 57 heavy (non-hydrogen) atoms. The Kier molecular flexibility index (Phi) is 9.77. The number of amides is 2. The molecule has 1 aromatic carbocycles. The number of nitrogens with zero attached hydrogens (tertiary/aromatic N) is 9. The third kappa shape index (κ3) is 7.50. The Morgan fingerprint density at radius 2 is 1.72 bits per heavy atom. The minimum absolute atomic E-state index is 0.0150. The molecule has 0 unspecified atom stereocenters. The fourth-order valence-corrected chi connectivity index (χ4v) is 6.99. The maximum atomic E-state index is 15.7. The molecule has 0 saturated heterocycles. The van der Waals surface area contributed by atoms with Crippen LogP contribution in [0.25, 0.3) is 33.5 Å². The number of hydrogen-bond donors (Lipinski definition) is 1. The van der Waals surface area contributed by atoms with Gasteiger partial charge in [0.2, 0.25) is 11.5 Å².